The quantitative estimate of drug-likeness (QED) is 0.356. The molecule has 4 nitrogen and oxygen atoms in total. The number of ether oxygens (including phenoxy) is 2. The third-order valence-corrected chi connectivity index (χ3v) is 6.54. The summed E-state index contributed by atoms with van der Waals surface area (Å²) in [6.45, 7) is 0. The van der Waals surface area contributed by atoms with Gasteiger partial charge in [0.05, 0.1) is 27.5 Å². The molecule has 5 rings (SSSR count). The number of hydrogen-bond acceptors (Lipinski definition) is 6. The van der Waals surface area contributed by atoms with Gasteiger partial charge in [-0.15, -0.1) is 22.7 Å². The summed E-state index contributed by atoms with van der Waals surface area (Å²) < 4.78 is 13.9. The van der Waals surface area contributed by atoms with E-state index >= 15 is 0 Å². The molecule has 0 saturated carbocycles. The van der Waals surface area contributed by atoms with Gasteiger partial charge in [-0.1, -0.05) is 24.3 Å². The minimum atomic E-state index is -0.358. The van der Waals surface area contributed by atoms with Crippen molar-refractivity contribution in [1.29, 1.82) is 0 Å². The fraction of sp³-hybridized carbons (Fsp3) is 0.0909. The number of thiazole rings is 2. The predicted octanol–water partition coefficient (Wildman–Crippen LogP) is 6.08. The van der Waals surface area contributed by atoms with Crippen molar-refractivity contribution in [3.05, 3.63) is 82.8 Å². The molecular weight excluding hydrogens is 388 g/mol. The van der Waals surface area contributed by atoms with Gasteiger partial charge in [-0.2, -0.15) is 0 Å². The number of methoxy groups -OCH3 is 1. The molecule has 0 saturated heterocycles. The SMILES string of the molecule is COc1ccc(OC(c2nc3ccccc3s2)c2nc3ccccc3s2)cc1. The van der Waals surface area contributed by atoms with E-state index in [1.54, 1.807) is 29.8 Å². The average Bonchev–Trinajstić information content (AvgIpc) is 3.36. The summed E-state index contributed by atoms with van der Waals surface area (Å²) in [7, 11) is 1.65. The van der Waals surface area contributed by atoms with Crippen molar-refractivity contribution >= 4 is 43.1 Å². The molecule has 2 heterocycles. The molecular formula is C22H16N2O2S2. The minimum absolute atomic E-state index is 0.358. The lowest BCUT2D eigenvalue weighted by Gasteiger charge is -2.15. The topological polar surface area (TPSA) is 44.2 Å². The molecule has 0 fully saturated rings. The summed E-state index contributed by atoms with van der Waals surface area (Å²) in [5.74, 6) is 1.55. The molecule has 138 valence electrons. The second-order valence-corrected chi connectivity index (χ2v) is 8.34. The monoisotopic (exact) mass is 404 g/mol. The second-order valence-electron chi connectivity index (χ2n) is 6.21. The molecule has 5 aromatic rings. The number of aromatic nitrogens is 2. The standard InChI is InChI=1S/C22H16N2O2S2/c1-25-14-10-12-15(13-11-14)26-20(21-23-16-6-2-4-8-18(16)27-21)22-24-17-7-3-5-9-19(17)28-22/h2-13,20H,1H3. The molecule has 0 N–H and O–H groups in total. The lowest BCUT2D eigenvalue weighted by atomic mass is 10.3. The van der Waals surface area contributed by atoms with Crippen LogP contribution in [0.1, 0.15) is 16.1 Å². The van der Waals surface area contributed by atoms with E-state index in [4.69, 9.17) is 19.4 Å². The van der Waals surface area contributed by atoms with Gasteiger partial charge in [0.25, 0.3) is 0 Å². The molecule has 0 spiro atoms. The maximum absolute atomic E-state index is 6.39. The van der Waals surface area contributed by atoms with Gasteiger partial charge in [0, 0.05) is 0 Å². The maximum atomic E-state index is 6.39. The van der Waals surface area contributed by atoms with E-state index in [0.717, 1.165) is 41.9 Å². The highest BCUT2D eigenvalue weighted by Gasteiger charge is 2.24. The Hall–Kier alpha value is -2.96. The third-order valence-electron chi connectivity index (χ3n) is 4.38. The number of rotatable bonds is 5. The lowest BCUT2D eigenvalue weighted by molar-refractivity contribution is 0.246. The van der Waals surface area contributed by atoms with Crippen LogP contribution >= 0.6 is 22.7 Å². The molecule has 28 heavy (non-hydrogen) atoms. The summed E-state index contributed by atoms with van der Waals surface area (Å²) in [5, 5.41) is 1.80. The first-order chi connectivity index (χ1) is 13.8. The van der Waals surface area contributed by atoms with Gasteiger partial charge in [-0.05, 0) is 48.5 Å². The molecule has 0 aliphatic rings. The van der Waals surface area contributed by atoms with E-state index in [9.17, 15) is 0 Å². The van der Waals surface area contributed by atoms with E-state index in [1.165, 1.54) is 0 Å². The first-order valence-corrected chi connectivity index (χ1v) is 10.4. The van der Waals surface area contributed by atoms with Crippen molar-refractivity contribution in [3.63, 3.8) is 0 Å². The summed E-state index contributed by atoms with van der Waals surface area (Å²) in [5.41, 5.74) is 1.96. The van der Waals surface area contributed by atoms with E-state index in [2.05, 4.69) is 12.1 Å². The number of para-hydroxylation sites is 2. The van der Waals surface area contributed by atoms with Gasteiger partial charge < -0.3 is 9.47 Å². The Kier molecular flexibility index (Phi) is 4.43. The molecule has 0 bridgehead atoms. The minimum Gasteiger partial charge on any atom is -0.497 e. The Morgan fingerprint density at radius 2 is 1.18 bits per heavy atom. The van der Waals surface area contributed by atoms with Gasteiger partial charge in [-0.3, -0.25) is 0 Å². The smallest absolute Gasteiger partial charge is 0.201 e. The van der Waals surface area contributed by atoms with Crippen LogP contribution in [0.2, 0.25) is 0 Å². The molecule has 0 atom stereocenters. The number of hydrogen-bond donors (Lipinski definition) is 0. The Bertz CT molecular complexity index is 1100. The van der Waals surface area contributed by atoms with E-state index in [-0.39, 0.29) is 6.10 Å². The molecule has 6 heteroatoms. The zero-order valence-corrected chi connectivity index (χ0v) is 16.7. The normalized spacial score (nSPS) is 11.4. The van der Waals surface area contributed by atoms with Gasteiger partial charge >= 0.3 is 0 Å². The molecule has 0 aliphatic carbocycles. The van der Waals surface area contributed by atoms with Crippen LogP contribution in [0, 0.1) is 0 Å². The largest absolute Gasteiger partial charge is 0.497 e. The summed E-state index contributed by atoms with van der Waals surface area (Å²) in [6.07, 6.45) is -0.358. The average molecular weight is 405 g/mol. The van der Waals surface area contributed by atoms with Gasteiger partial charge in [0.2, 0.25) is 6.10 Å². The highest BCUT2D eigenvalue weighted by molar-refractivity contribution is 7.20. The summed E-state index contributed by atoms with van der Waals surface area (Å²) in [6, 6.07) is 23.9. The van der Waals surface area contributed by atoms with Crippen LogP contribution in [-0.2, 0) is 0 Å². The van der Waals surface area contributed by atoms with Crippen LogP contribution in [0.25, 0.3) is 20.4 Å². The van der Waals surface area contributed by atoms with E-state index in [0.29, 0.717) is 0 Å². The van der Waals surface area contributed by atoms with Crippen LogP contribution < -0.4 is 9.47 Å². The van der Waals surface area contributed by atoms with Crippen LogP contribution in [0.4, 0.5) is 0 Å². The molecule has 0 aliphatic heterocycles. The fourth-order valence-electron chi connectivity index (χ4n) is 3.00. The van der Waals surface area contributed by atoms with Crippen molar-refractivity contribution in [1.82, 2.24) is 9.97 Å². The Morgan fingerprint density at radius 1 is 0.679 bits per heavy atom. The zero-order valence-electron chi connectivity index (χ0n) is 15.0. The van der Waals surface area contributed by atoms with Crippen LogP contribution in [0.5, 0.6) is 11.5 Å². The van der Waals surface area contributed by atoms with Crippen LogP contribution in [0.15, 0.2) is 72.8 Å². The summed E-state index contributed by atoms with van der Waals surface area (Å²) in [4.78, 5) is 9.65. The molecule has 0 amide bonds. The van der Waals surface area contributed by atoms with Crippen molar-refractivity contribution in [3.8, 4) is 11.5 Å². The van der Waals surface area contributed by atoms with Crippen LogP contribution in [0.3, 0.4) is 0 Å². The fourth-order valence-corrected chi connectivity index (χ4v) is 5.08. The van der Waals surface area contributed by atoms with Gasteiger partial charge in [0.1, 0.15) is 21.5 Å². The van der Waals surface area contributed by atoms with Gasteiger partial charge in [0.15, 0.2) is 0 Å². The Labute approximate surface area is 170 Å². The zero-order chi connectivity index (χ0) is 18.9. The number of fused-ring (bicyclic) bond motifs is 2. The van der Waals surface area contributed by atoms with Gasteiger partial charge in [-0.25, -0.2) is 9.97 Å². The van der Waals surface area contributed by atoms with E-state index in [1.807, 2.05) is 60.7 Å². The molecule has 0 radical (unpaired) electrons. The van der Waals surface area contributed by atoms with Crippen LogP contribution in [-0.4, -0.2) is 17.1 Å². The number of benzene rings is 3. The second kappa shape index (κ2) is 7.22. The first kappa shape index (κ1) is 17.2. The third kappa shape index (κ3) is 3.21. The Morgan fingerprint density at radius 3 is 1.68 bits per heavy atom. The maximum Gasteiger partial charge on any atom is 0.201 e. The summed E-state index contributed by atoms with van der Waals surface area (Å²) >= 11 is 3.29. The number of nitrogens with zero attached hydrogens (tertiary/aromatic N) is 2. The predicted molar refractivity (Wildman–Crippen MR) is 115 cm³/mol. The van der Waals surface area contributed by atoms with Crippen molar-refractivity contribution < 1.29 is 9.47 Å². The van der Waals surface area contributed by atoms with Crippen molar-refractivity contribution in [2.24, 2.45) is 0 Å². The molecule has 0 unspecified atom stereocenters. The van der Waals surface area contributed by atoms with E-state index < -0.39 is 0 Å². The first-order valence-electron chi connectivity index (χ1n) is 8.82. The highest BCUT2D eigenvalue weighted by Crippen LogP contribution is 2.37. The van der Waals surface area contributed by atoms with Crippen molar-refractivity contribution in [2.45, 2.75) is 6.10 Å². The highest BCUT2D eigenvalue weighted by atomic mass is 32.1. The lowest BCUT2D eigenvalue weighted by Crippen LogP contribution is -2.08. The molecule has 3 aromatic carbocycles. The van der Waals surface area contributed by atoms with Crippen molar-refractivity contribution in [2.75, 3.05) is 7.11 Å². The molecule has 2 aromatic heterocycles. The Balaban J connectivity index is 1.59.